The van der Waals surface area contributed by atoms with E-state index in [9.17, 15) is 50.3 Å². The van der Waals surface area contributed by atoms with Gasteiger partial charge in [-0.25, -0.2) is 54.3 Å². The number of rotatable bonds is 19. The van der Waals surface area contributed by atoms with Crippen LogP contribution in [0.15, 0.2) is 109 Å². The van der Waals surface area contributed by atoms with Crippen LogP contribution in [0.2, 0.25) is 87.6 Å². The molecule has 8 aliphatic heterocycles. The summed E-state index contributed by atoms with van der Waals surface area (Å²) in [5.41, 5.74) is 0.449. The van der Waals surface area contributed by atoms with Crippen LogP contribution in [0.4, 0.5) is 99.8 Å². The summed E-state index contributed by atoms with van der Waals surface area (Å²) < 4.78 is 144. The number of ether oxygens (including phenoxy) is 5. The highest BCUT2D eigenvalue weighted by atomic mass is 32.1. The Bertz CT molecular complexity index is 4350. The van der Waals surface area contributed by atoms with Crippen molar-refractivity contribution in [1.82, 2.24) is 0 Å². The number of nitrogens with zero attached hydrogens (tertiary/aromatic N) is 8. The summed E-state index contributed by atoms with van der Waals surface area (Å²) >= 11 is 4.99. The van der Waals surface area contributed by atoms with Crippen LogP contribution in [0.5, 0.6) is 0 Å². The van der Waals surface area contributed by atoms with Gasteiger partial charge in [-0.1, -0.05) is 117 Å². The minimum Gasteiger partial charge on any atom is -0.490 e. The average Bonchev–Trinajstić information content (AvgIpc) is 1.28. The van der Waals surface area contributed by atoms with E-state index in [0.29, 0.717) is 89.5 Å². The smallest absolute Gasteiger partial charge is 0.414 e. The standard InChI is InChI=1S/C25H30F2N2O3Si.C21H24F2N2O3Si.C19H26F2N2O3SSi.C16H22F2N2O3Si/c1-3-19(30)9-10-20-17-29(25(31)32-20)18-15-22(26)24(23(27)16-18)28-11-13-33(2,14-12-28)21-7-5-4-6-8-21;1-29(17-5-3-2-4-6-17)9-7-24(8-10-29)20-18(22)11-15(12-19(20)23)25-13-16(14-26)28-21(25)27;1-25-17(27)5-4-14-12-23(19(24)26-14)13-10-15(20)18(16(21)11-13)22-6-8-28(2,3)9-7-22;1-24(2)5-3-19(4-6-24)15-13(17)7-11(8-14(15)18)20-9-12(10-21)23-16(20)22/h4-8,15-16,20H,3,9-14,17H2,1-2H3;2-6,11-12,16,26H,7-10,13-14H2,1H3;10-11,14H,4-9,12H2,1-3H3;7-8,12,21H,3-6,9-10H2,1-2H3/t20-;16-;14-;12-/m0101/s1. The zero-order valence-corrected chi connectivity index (χ0v) is 70.6. The Labute approximate surface area is 669 Å². The molecular weight excluding hydrogens is 1570 g/mol. The lowest BCUT2D eigenvalue weighted by Crippen LogP contribution is -2.53. The molecular formula is C81H102F8N8O12SSi4. The predicted octanol–water partition coefficient (Wildman–Crippen LogP) is 15.3. The second kappa shape index (κ2) is 37.1. The van der Waals surface area contributed by atoms with Crippen LogP contribution in [-0.4, -0.2) is 201 Å². The highest BCUT2D eigenvalue weighted by molar-refractivity contribution is 7.80. The second-order valence-corrected chi connectivity index (χ2v) is 53.0. The third kappa shape index (κ3) is 20.6. The van der Waals surface area contributed by atoms with Crippen LogP contribution < -0.4 is 49.6 Å². The van der Waals surface area contributed by atoms with Gasteiger partial charge in [-0.05, 0) is 73.4 Å². The van der Waals surface area contributed by atoms with Crippen LogP contribution >= 0.6 is 12.2 Å². The van der Waals surface area contributed by atoms with Crippen molar-refractivity contribution in [3.05, 3.63) is 156 Å². The Kier molecular flexibility index (Phi) is 28.1. The molecule has 4 amide bonds. The number of carbonyl (C=O) groups is 5. The third-order valence-electron chi connectivity index (χ3n) is 23.4. The first kappa shape index (κ1) is 86.3. The molecule has 33 heteroatoms. The second-order valence-electron chi connectivity index (χ2n) is 32.5. The number of ketones is 1. The highest BCUT2D eigenvalue weighted by Gasteiger charge is 2.42. The maximum absolute atomic E-state index is 15.1. The topological polar surface area (TPSA) is 198 Å². The van der Waals surface area contributed by atoms with Crippen molar-refractivity contribution in [2.45, 2.75) is 151 Å². The molecule has 4 atom stereocenters. The molecule has 0 saturated carbocycles. The Morgan fingerprint density at radius 3 is 0.904 bits per heavy atom. The van der Waals surface area contributed by atoms with Gasteiger partial charge in [-0.3, -0.25) is 24.4 Å². The fourth-order valence-corrected chi connectivity index (χ4v) is 26.5. The van der Waals surface area contributed by atoms with Crippen LogP contribution in [0.1, 0.15) is 39.0 Å². The molecule has 616 valence electrons. The van der Waals surface area contributed by atoms with Gasteiger partial charge in [0.15, 0.2) is 51.6 Å². The summed E-state index contributed by atoms with van der Waals surface area (Å²) in [5, 5.41) is 21.4. The first-order valence-corrected chi connectivity index (χ1v) is 52.1. The highest BCUT2D eigenvalue weighted by Crippen LogP contribution is 2.40. The number of Topliss-reactive ketones (excluding diaryl/α,β-unsaturated/α-hetero) is 1. The number of halogens is 8. The van der Waals surface area contributed by atoms with Gasteiger partial charge in [0.2, 0.25) is 0 Å². The van der Waals surface area contributed by atoms with E-state index in [0.717, 1.165) is 70.3 Å². The molecule has 8 saturated heterocycles. The normalized spacial score (nSPS) is 21.5. The van der Waals surface area contributed by atoms with Gasteiger partial charge in [0, 0.05) is 120 Å². The molecule has 0 spiro atoms. The quantitative estimate of drug-likeness (QED) is 0.0336. The van der Waals surface area contributed by atoms with Crippen LogP contribution in [0, 0.1) is 46.5 Å². The van der Waals surface area contributed by atoms with E-state index >= 15 is 8.78 Å². The number of anilines is 8. The van der Waals surface area contributed by atoms with Crippen LogP contribution in [0.25, 0.3) is 0 Å². The predicted molar refractivity (Wildman–Crippen MR) is 441 cm³/mol. The molecule has 14 rings (SSSR count). The molecule has 8 heterocycles. The number of hydrogen-bond donors (Lipinski definition) is 2. The lowest BCUT2D eigenvalue weighted by molar-refractivity contribution is -0.119. The van der Waals surface area contributed by atoms with Crippen molar-refractivity contribution in [3.63, 3.8) is 0 Å². The first-order chi connectivity index (χ1) is 54.2. The SMILES string of the molecule is CCC(=O)CC[C@H]1CN(c2cc(F)c(N3CC[Si](C)(c4ccccc4)CC3)c(F)c2)C(=O)O1.COC(=S)CC[C@H]1CN(c2cc(F)c(N3CC[Si](C)(C)CC3)c(F)c2)C(=O)O1.C[Si]1(C)CCN(c2c(F)cc(N3C[C@H](CO)OC3=O)cc2F)CC1.C[Si]1(c2ccccc2)CCN(c2c(F)cc(N3C[C@H](CO)OC3=O)cc2F)CC1. The van der Waals surface area contributed by atoms with Gasteiger partial charge in [0.05, 0.1) is 102 Å². The molecule has 6 aromatic rings. The van der Waals surface area contributed by atoms with Gasteiger partial charge in [-0.15, -0.1) is 0 Å². The van der Waals surface area contributed by atoms with E-state index in [1.165, 1.54) is 63.7 Å². The lowest BCUT2D eigenvalue weighted by Gasteiger charge is -2.39. The molecule has 0 unspecified atom stereocenters. The number of carbonyl (C=O) groups excluding carboxylic acids is 5. The molecule has 0 aromatic heterocycles. The number of benzene rings is 6. The Hall–Kier alpha value is -8.61. The Balaban J connectivity index is 0.000000151. The van der Waals surface area contributed by atoms with Crippen LogP contribution in [0.3, 0.4) is 0 Å². The number of methoxy groups -OCH3 is 1. The fourth-order valence-electron chi connectivity index (χ4n) is 15.7. The van der Waals surface area contributed by atoms with Crippen molar-refractivity contribution >= 4 is 136 Å². The van der Waals surface area contributed by atoms with Crippen molar-refractivity contribution in [2.24, 2.45) is 0 Å². The maximum Gasteiger partial charge on any atom is 0.414 e. The van der Waals surface area contributed by atoms with Gasteiger partial charge in [-0.2, -0.15) is 0 Å². The lowest BCUT2D eigenvalue weighted by atomic mass is 10.1. The molecule has 0 bridgehead atoms. The minimum absolute atomic E-state index is 0.00260. The molecule has 20 nitrogen and oxygen atoms in total. The van der Waals surface area contributed by atoms with E-state index in [4.69, 9.17) is 46.1 Å². The summed E-state index contributed by atoms with van der Waals surface area (Å²) in [6.07, 6.45) is -2.70. The van der Waals surface area contributed by atoms with Crippen molar-refractivity contribution in [1.29, 1.82) is 0 Å². The van der Waals surface area contributed by atoms with E-state index in [1.54, 1.807) is 26.5 Å². The summed E-state index contributed by atoms with van der Waals surface area (Å²) in [6, 6.07) is 38.1. The van der Waals surface area contributed by atoms with E-state index in [-0.39, 0.29) is 96.8 Å². The molecule has 0 radical (unpaired) electrons. The molecule has 6 aromatic carbocycles. The first-order valence-electron chi connectivity index (χ1n) is 39.0. The van der Waals surface area contributed by atoms with Gasteiger partial charge in [0.25, 0.3) is 0 Å². The molecule has 8 aliphatic rings. The molecule has 114 heavy (non-hydrogen) atoms. The average molecular weight is 1680 g/mol. The number of aliphatic hydroxyl groups is 2. The number of hydrogen-bond acceptors (Lipinski definition) is 17. The molecule has 0 aliphatic carbocycles. The Morgan fingerprint density at radius 2 is 0.658 bits per heavy atom. The summed E-state index contributed by atoms with van der Waals surface area (Å²) in [7, 11) is -4.31. The minimum atomic E-state index is -1.67. The third-order valence-corrected chi connectivity index (χ3v) is 38.8. The number of amides is 4. The summed E-state index contributed by atoms with van der Waals surface area (Å²) in [4.78, 5) is 71.6. The van der Waals surface area contributed by atoms with Crippen LogP contribution in [-0.2, 0) is 28.5 Å². The van der Waals surface area contributed by atoms with E-state index in [1.807, 2.05) is 36.4 Å². The van der Waals surface area contributed by atoms with Crippen molar-refractivity contribution in [3.8, 4) is 0 Å². The van der Waals surface area contributed by atoms with Crippen molar-refractivity contribution in [2.75, 3.05) is 138 Å². The van der Waals surface area contributed by atoms with Crippen molar-refractivity contribution < 1.29 is 93.0 Å². The zero-order valence-electron chi connectivity index (χ0n) is 65.8. The van der Waals surface area contributed by atoms with E-state index in [2.05, 4.69) is 63.5 Å². The fraction of sp³-hybridized carbons (Fsp3) is 0.481. The van der Waals surface area contributed by atoms with Gasteiger partial charge >= 0.3 is 24.4 Å². The maximum atomic E-state index is 15.1. The van der Waals surface area contributed by atoms with E-state index < -0.39 is 122 Å². The Morgan fingerprint density at radius 1 is 0.412 bits per heavy atom. The zero-order chi connectivity index (χ0) is 82.1. The molecule has 8 fully saturated rings. The van der Waals surface area contributed by atoms with Gasteiger partial charge < -0.3 is 53.5 Å². The summed E-state index contributed by atoms with van der Waals surface area (Å²) in [6.45, 7) is 20.6. The van der Waals surface area contributed by atoms with Gasteiger partial charge in [0.1, 0.15) is 52.9 Å². The number of cyclic esters (lactones) is 4. The monoisotopic (exact) mass is 1670 g/mol. The summed E-state index contributed by atoms with van der Waals surface area (Å²) in [5.74, 6) is -5.27. The number of thiocarbonyl (C=S) groups is 1. The number of aliphatic hydroxyl groups excluding tert-OH is 2. The molecule has 2 N–H and O–H groups in total. The largest absolute Gasteiger partial charge is 0.490 e.